The minimum atomic E-state index is -3.32. The molecule has 0 spiro atoms. The van der Waals surface area contributed by atoms with Gasteiger partial charge in [0, 0.05) is 25.2 Å². The molecule has 1 N–H and O–H groups in total. The molecule has 0 amide bonds. The van der Waals surface area contributed by atoms with Gasteiger partial charge >= 0.3 is 0 Å². The number of hydrogen-bond acceptors (Lipinski definition) is 3. The molecule has 3 unspecified atom stereocenters. The average molecular weight is 288 g/mol. The van der Waals surface area contributed by atoms with Crippen LogP contribution in [0.3, 0.4) is 0 Å². The maximum atomic E-state index is 12.8. The van der Waals surface area contributed by atoms with Gasteiger partial charge in [0.2, 0.25) is 0 Å². The summed E-state index contributed by atoms with van der Waals surface area (Å²) in [5.74, 6) is 0.455. The molecule has 0 aliphatic carbocycles. The highest BCUT2D eigenvalue weighted by Crippen LogP contribution is 2.39. The molecular formula is C13H24N2O3S. The Labute approximate surface area is 115 Å². The lowest BCUT2D eigenvalue weighted by molar-refractivity contribution is 0.0725. The fourth-order valence-corrected chi connectivity index (χ4v) is 6.18. The van der Waals surface area contributed by atoms with Crippen molar-refractivity contribution in [2.24, 2.45) is 5.92 Å². The first-order valence-electron chi connectivity index (χ1n) is 7.45. The Balaban J connectivity index is 1.81. The van der Waals surface area contributed by atoms with Crippen LogP contribution in [0, 0.1) is 5.92 Å². The predicted octanol–water partition coefficient (Wildman–Crippen LogP) is 0.951. The summed E-state index contributed by atoms with van der Waals surface area (Å²) in [6, 6.07) is 0.0481. The Morgan fingerprint density at radius 2 is 1.74 bits per heavy atom. The van der Waals surface area contributed by atoms with Crippen LogP contribution in [-0.2, 0) is 10.2 Å². The van der Waals surface area contributed by atoms with E-state index in [9.17, 15) is 13.5 Å². The van der Waals surface area contributed by atoms with Gasteiger partial charge in [-0.2, -0.15) is 17.0 Å². The molecule has 3 atom stereocenters. The highest BCUT2D eigenvalue weighted by molar-refractivity contribution is 7.86. The fourth-order valence-electron chi connectivity index (χ4n) is 3.97. The normalized spacial score (nSPS) is 41.6. The van der Waals surface area contributed by atoms with Gasteiger partial charge in [-0.05, 0) is 44.4 Å². The lowest BCUT2D eigenvalue weighted by Crippen LogP contribution is -2.55. The third-order valence-electron chi connectivity index (χ3n) is 4.85. The van der Waals surface area contributed by atoms with Gasteiger partial charge in [0.1, 0.15) is 0 Å². The number of aliphatic hydroxyl groups excluding tert-OH is 1. The van der Waals surface area contributed by atoms with E-state index in [1.807, 2.05) is 0 Å². The minimum absolute atomic E-state index is 0.0241. The van der Waals surface area contributed by atoms with Crippen LogP contribution in [-0.4, -0.2) is 53.4 Å². The summed E-state index contributed by atoms with van der Waals surface area (Å²) in [5, 5.41) is 9.79. The van der Waals surface area contributed by atoms with E-state index < -0.39 is 10.2 Å². The van der Waals surface area contributed by atoms with Crippen molar-refractivity contribution in [1.82, 2.24) is 8.61 Å². The molecular weight excluding hydrogens is 264 g/mol. The highest BCUT2D eigenvalue weighted by Gasteiger charge is 2.48. The molecule has 0 aromatic carbocycles. The monoisotopic (exact) mass is 288 g/mol. The molecule has 19 heavy (non-hydrogen) atoms. The Hall–Kier alpha value is -0.170. The van der Waals surface area contributed by atoms with E-state index in [0.717, 1.165) is 25.7 Å². The van der Waals surface area contributed by atoms with Gasteiger partial charge in [-0.15, -0.1) is 0 Å². The first-order chi connectivity index (χ1) is 8.98. The second kappa shape index (κ2) is 4.98. The van der Waals surface area contributed by atoms with E-state index in [0.29, 0.717) is 31.8 Å². The molecule has 0 aromatic rings. The lowest BCUT2D eigenvalue weighted by atomic mass is 10.0. The molecule has 3 heterocycles. The van der Waals surface area contributed by atoms with Crippen LogP contribution < -0.4 is 0 Å². The molecule has 2 bridgehead atoms. The largest absolute Gasteiger partial charge is 0.393 e. The maximum absolute atomic E-state index is 12.8. The summed E-state index contributed by atoms with van der Waals surface area (Å²) in [6.45, 7) is 3.43. The molecule has 3 saturated heterocycles. The van der Waals surface area contributed by atoms with Crippen molar-refractivity contribution in [1.29, 1.82) is 0 Å². The lowest BCUT2D eigenvalue weighted by Gasteiger charge is -2.40. The van der Waals surface area contributed by atoms with E-state index in [-0.39, 0.29) is 18.2 Å². The molecule has 3 fully saturated rings. The number of nitrogens with zero attached hydrogens (tertiary/aromatic N) is 2. The van der Waals surface area contributed by atoms with Crippen molar-refractivity contribution in [3.63, 3.8) is 0 Å². The Kier molecular flexibility index (Phi) is 3.62. The summed E-state index contributed by atoms with van der Waals surface area (Å²) < 4.78 is 29.0. The van der Waals surface area contributed by atoms with Crippen molar-refractivity contribution in [2.75, 3.05) is 13.1 Å². The number of fused-ring (bicyclic) bond motifs is 2. The van der Waals surface area contributed by atoms with Crippen molar-refractivity contribution in [2.45, 2.75) is 63.6 Å². The number of aliphatic hydroxyl groups is 1. The maximum Gasteiger partial charge on any atom is 0.282 e. The highest BCUT2D eigenvalue weighted by atomic mass is 32.2. The van der Waals surface area contributed by atoms with Crippen LogP contribution >= 0.6 is 0 Å². The third-order valence-corrected chi connectivity index (χ3v) is 6.97. The van der Waals surface area contributed by atoms with E-state index >= 15 is 0 Å². The molecule has 0 aromatic heterocycles. The molecule has 3 rings (SSSR count). The summed E-state index contributed by atoms with van der Waals surface area (Å²) in [6.07, 6.45) is 4.81. The zero-order chi connectivity index (χ0) is 13.6. The smallest absolute Gasteiger partial charge is 0.282 e. The van der Waals surface area contributed by atoms with E-state index in [1.54, 1.807) is 8.61 Å². The molecule has 3 aliphatic heterocycles. The SMILES string of the molecule is CC1CCCN(S(=O)(=O)N2C3CCC2CC(O)C3)C1. The summed E-state index contributed by atoms with van der Waals surface area (Å²) in [5.41, 5.74) is 0. The van der Waals surface area contributed by atoms with Gasteiger partial charge in [-0.1, -0.05) is 6.92 Å². The number of rotatable bonds is 2. The Bertz CT molecular complexity index is 425. The van der Waals surface area contributed by atoms with Crippen molar-refractivity contribution in [3.8, 4) is 0 Å². The number of piperidine rings is 2. The molecule has 5 nitrogen and oxygen atoms in total. The molecule has 3 aliphatic rings. The fraction of sp³-hybridized carbons (Fsp3) is 1.00. The minimum Gasteiger partial charge on any atom is -0.393 e. The summed E-state index contributed by atoms with van der Waals surface area (Å²) in [7, 11) is -3.32. The predicted molar refractivity (Wildman–Crippen MR) is 72.8 cm³/mol. The van der Waals surface area contributed by atoms with Crippen LogP contribution in [0.25, 0.3) is 0 Å². The van der Waals surface area contributed by atoms with Gasteiger partial charge in [-0.3, -0.25) is 0 Å². The first kappa shape index (κ1) is 13.8. The Morgan fingerprint density at radius 1 is 1.11 bits per heavy atom. The van der Waals surface area contributed by atoms with Gasteiger partial charge in [0.25, 0.3) is 10.2 Å². The molecule has 0 radical (unpaired) electrons. The van der Waals surface area contributed by atoms with Crippen molar-refractivity contribution in [3.05, 3.63) is 0 Å². The van der Waals surface area contributed by atoms with Crippen LogP contribution in [0.5, 0.6) is 0 Å². The summed E-state index contributed by atoms with van der Waals surface area (Å²) in [4.78, 5) is 0. The van der Waals surface area contributed by atoms with E-state index in [4.69, 9.17) is 0 Å². The van der Waals surface area contributed by atoms with E-state index in [1.165, 1.54) is 0 Å². The van der Waals surface area contributed by atoms with Gasteiger partial charge in [0.05, 0.1) is 6.10 Å². The van der Waals surface area contributed by atoms with Crippen LogP contribution in [0.2, 0.25) is 0 Å². The van der Waals surface area contributed by atoms with Gasteiger partial charge in [-0.25, -0.2) is 0 Å². The van der Waals surface area contributed by atoms with Gasteiger partial charge in [0.15, 0.2) is 0 Å². The summed E-state index contributed by atoms with van der Waals surface area (Å²) >= 11 is 0. The Morgan fingerprint density at radius 3 is 2.32 bits per heavy atom. The number of hydrogen-bond donors (Lipinski definition) is 1. The standard InChI is InChI=1S/C13H24N2O3S/c1-10-3-2-6-14(9-10)19(17,18)15-11-4-5-12(15)8-13(16)7-11/h10-13,16H,2-9H2,1H3. The van der Waals surface area contributed by atoms with Crippen LogP contribution in [0.4, 0.5) is 0 Å². The molecule has 0 saturated carbocycles. The second-order valence-electron chi connectivity index (χ2n) is 6.45. The van der Waals surface area contributed by atoms with Gasteiger partial charge < -0.3 is 5.11 Å². The quantitative estimate of drug-likeness (QED) is 0.823. The van der Waals surface area contributed by atoms with Crippen LogP contribution in [0.15, 0.2) is 0 Å². The molecule has 110 valence electrons. The first-order valence-corrected chi connectivity index (χ1v) is 8.85. The average Bonchev–Trinajstić information content (AvgIpc) is 2.63. The topological polar surface area (TPSA) is 60.9 Å². The van der Waals surface area contributed by atoms with E-state index in [2.05, 4.69) is 6.92 Å². The second-order valence-corrected chi connectivity index (χ2v) is 8.29. The molecule has 6 heteroatoms. The zero-order valence-electron chi connectivity index (χ0n) is 11.5. The van der Waals surface area contributed by atoms with Crippen molar-refractivity contribution >= 4 is 10.2 Å². The zero-order valence-corrected chi connectivity index (χ0v) is 12.3. The van der Waals surface area contributed by atoms with Crippen molar-refractivity contribution < 1.29 is 13.5 Å². The third kappa shape index (κ3) is 2.44. The van der Waals surface area contributed by atoms with Crippen LogP contribution in [0.1, 0.15) is 45.4 Å².